The molecular weight excluding hydrogens is 232 g/mol. The second-order valence-electron chi connectivity index (χ2n) is 5.04. The average molecular weight is 258 g/mol. The van der Waals surface area contributed by atoms with Crippen LogP contribution in [0.4, 0.5) is 0 Å². The van der Waals surface area contributed by atoms with Gasteiger partial charge < -0.3 is 20.5 Å². The molecule has 18 heavy (non-hydrogen) atoms. The summed E-state index contributed by atoms with van der Waals surface area (Å²) in [6, 6.07) is 0.113. The molecule has 0 spiro atoms. The van der Waals surface area contributed by atoms with Crippen LogP contribution in [0.5, 0.6) is 0 Å². The molecule has 1 amide bonds. The van der Waals surface area contributed by atoms with E-state index < -0.39 is 0 Å². The normalized spacial score (nSPS) is 19.7. The van der Waals surface area contributed by atoms with Gasteiger partial charge in [-0.2, -0.15) is 0 Å². The minimum Gasteiger partial charge on any atom is -0.396 e. The van der Waals surface area contributed by atoms with Gasteiger partial charge in [-0.15, -0.1) is 0 Å². The van der Waals surface area contributed by atoms with Crippen molar-refractivity contribution >= 4 is 5.91 Å². The third kappa shape index (κ3) is 5.33. The zero-order valence-corrected chi connectivity index (χ0v) is 11.4. The van der Waals surface area contributed by atoms with Crippen molar-refractivity contribution in [3.8, 4) is 0 Å². The Morgan fingerprint density at radius 3 is 2.67 bits per heavy atom. The van der Waals surface area contributed by atoms with Crippen LogP contribution < -0.4 is 10.6 Å². The summed E-state index contributed by atoms with van der Waals surface area (Å²) >= 11 is 0. The predicted octanol–water partition coefficient (Wildman–Crippen LogP) is 0.421. The highest BCUT2D eigenvalue weighted by atomic mass is 16.5. The van der Waals surface area contributed by atoms with E-state index in [1.807, 2.05) is 6.92 Å². The number of methoxy groups -OCH3 is 1. The summed E-state index contributed by atoms with van der Waals surface area (Å²) in [5.41, 5.74) is 0. The van der Waals surface area contributed by atoms with E-state index in [2.05, 4.69) is 10.6 Å². The predicted molar refractivity (Wildman–Crippen MR) is 70.4 cm³/mol. The quantitative estimate of drug-likeness (QED) is 0.590. The molecule has 0 aromatic heterocycles. The molecular formula is C13H26N2O3. The van der Waals surface area contributed by atoms with Crippen molar-refractivity contribution in [2.75, 3.05) is 20.3 Å². The van der Waals surface area contributed by atoms with E-state index in [1.165, 1.54) is 12.8 Å². The largest absolute Gasteiger partial charge is 0.396 e. The first-order chi connectivity index (χ1) is 8.67. The van der Waals surface area contributed by atoms with Crippen molar-refractivity contribution in [1.82, 2.24) is 10.6 Å². The maximum absolute atomic E-state index is 12.0. The number of nitrogens with one attached hydrogen (secondary N) is 2. The second-order valence-corrected chi connectivity index (χ2v) is 5.04. The smallest absolute Gasteiger partial charge is 0.237 e. The molecule has 0 aromatic rings. The highest BCUT2D eigenvalue weighted by molar-refractivity contribution is 5.81. The SMILES string of the molecule is COCC(CCO)NC(C)C(=O)NC1CCCC1. The van der Waals surface area contributed by atoms with Gasteiger partial charge in [-0.3, -0.25) is 4.79 Å². The fraction of sp³-hybridized carbons (Fsp3) is 0.923. The lowest BCUT2D eigenvalue weighted by Crippen LogP contribution is -2.50. The third-order valence-corrected chi connectivity index (χ3v) is 3.43. The summed E-state index contributed by atoms with van der Waals surface area (Å²) < 4.78 is 5.07. The van der Waals surface area contributed by atoms with Gasteiger partial charge in [0.1, 0.15) is 0 Å². The Morgan fingerprint density at radius 2 is 2.11 bits per heavy atom. The number of ether oxygens (including phenoxy) is 1. The summed E-state index contributed by atoms with van der Waals surface area (Å²) in [4.78, 5) is 12.0. The number of hydrogen-bond acceptors (Lipinski definition) is 4. The van der Waals surface area contributed by atoms with Gasteiger partial charge in [0.25, 0.3) is 0 Å². The van der Waals surface area contributed by atoms with Crippen molar-refractivity contribution in [2.45, 2.75) is 57.2 Å². The number of amides is 1. The minimum absolute atomic E-state index is 0.0179. The number of carbonyl (C=O) groups excluding carboxylic acids is 1. The molecule has 5 heteroatoms. The van der Waals surface area contributed by atoms with Gasteiger partial charge in [0.05, 0.1) is 12.6 Å². The minimum atomic E-state index is -0.253. The summed E-state index contributed by atoms with van der Waals surface area (Å²) in [5, 5.41) is 15.2. The molecule has 5 nitrogen and oxygen atoms in total. The van der Waals surface area contributed by atoms with Gasteiger partial charge in [0.15, 0.2) is 0 Å². The number of carbonyl (C=O) groups is 1. The van der Waals surface area contributed by atoms with E-state index >= 15 is 0 Å². The molecule has 0 radical (unpaired) electrons. The number of aliphatic hydroxyl groups excluding tert-OH is 1. The monoisotopic (exact) mass is 258 g/mol. The zero-order chi connectivity index (χ0) is 13.4. The Morgan fingerprint density at radius 1 is 1.44 bits per heavy atom. The van der Waals surface area contributed by atoms with Gasteiger partial charge in [-0.1, -0.05) is 12.8 Å². The van der Waals surface area contributed by atoms with E-state index in [0.717, 1.165) is 12.8 Å². The van der Waals surface area contributed by atoms with Crippen molar-refractivity contribution in [1.29, 1.82) is 0 Å². The van der Waals surface area contributed by atoms with Crippen LogP contribution >= 0.6 is 0 Å². The average Bonchev–Trinajstić information content (AvgIpc) is 2.82. The third-order valence-electron chi connectivity index (χ3n) is 3.43. The van der Waals surface area contributed by atoms with Crippen molar-refractivity contribution in [3.63, 3.8) is 0 Å². The van der Waals surface area contributed by atoms with Crippen LogP contribution in [-0.4, -0.2) is 49.5 Å². The first-order valence-corrected chi connectivity index (χ1v) is 6.83. The lowest BCUT2D eigenvalue weighted by atomic mass is 10.1. The Labute approximate surface area is 109 Å². The van der Waals surface area contributed by atoms with E-state index in [-0.39, 0.29) is 24.6 Å². The number of rotatable bonds is 8. The Kier molecular flexibility index (Phi) is 7.23. The van der Waals surface area contributed by atoms with Crippen molar-refractivity contribution < 1.29 is 14.6 Å². The maximum Gasteiger partial charge on any atom is 0.237 e. The standard InChI is InChI=1S/C13H26N2O3/c1-10(14-12(7-8-16)9-18-2)13(17)15-11-5-3-4-6-11/h10-12,14,16H,3-9H2,1-2H3,(H,15,17). The van der Waals surface area contributed by atoms with Gasteiger partial charge >= 0.3 is 0 Å². The molecule has 1 aliphatic rings. The van der Waals surface area contributed by atoms with Gasteiger partial charge in [0.2, 0.25) is 5.91 Å². The second kappa shape index (κ2) is 8.45. The van der Waals surface area contributed by atoms with Crippen LogP contribution in [0.25, 0.3) is 0 Å². The molecule has 1 rings (SSSR count). The molecule has 2 unspecified atom stereocenters. The molecule has 106 valence electrons. The topological polar surface area (TPSA) is 70.6 Å². The number of hydrogen-bond donors (Lipinski definition) is 3. The molecule has 0 aromatic carbocycles. The van der Waals surface area contributed by atoms with E-state index in [4.69, 9.17) is 9.84 Å². The summed E-state index contributed by atoms with van der Waals surface area (Å²) in [5.74, 6) is 0.0425. The molecule has 0 heterocycles. The molecule has 1 saturated carbocycles. The highest BCUT2D eigenvalue weighted by Crippen LogP contribution is 2.17. The Hall–Kier alpha value is -0.650. The van der Waals surface area contributed by atoms with Crippen LogP contribution in [0.3, 0.4) is 0 Å². The van der Waals surface area contributed by atoms with Crippen molar-refractivity contribution in [3.05, 3.63) is 0 Å². The Balaban J connectivity index is 2.31. The summed E-state index contributed by atoms with van der Waals surface area (Å²) in [6.45, 7) is 2.45. The lowest BCUT2D eigenvalue weighted by molar-refractivity contribution is -0.123. The lowest BCUT2D eigenvalue weighted by Gasteiger charge is -2.23. The van der Waals surface area contributed by atoms with Gasteiger partial charge in [-0.05, 0) is 26.2 Å². The highest BCUT2D eigenvalue weighted by Gasteiger charge is 2.22. The van der Waals surface area contributed by atoms with Gasteiger partial charge in [0, 0.05) is 25.8 Å². The molecule has 1 aliphatic carbocycles. The summed E-state index contributed by atoms with van der Waals surface area (Å²) in [7, 11) is 1.62. The van der Waals surface area contributed by atoms with Crippen LogP contribution in [0.15, 0.2) is 0 Å². The van der Waals surface area contributed by atoms with Crippen molar-refractivity contribution in [2.24, 2.45) is 0 Å². The van der Waals surface area contributed by atoms with Gasteiger partial charge in [-0.25, -0.2) is 0 Å². The molecule has 1 fully saturated rings. The van der Waals surface area contributed by atoms with Crippen LogP contribution in [0, 0.1) is 0 Å². The fourth-order valence-electron chi connectivity index (χ4n) is 2.40. The maximum atomic E-state index is 12.0. The van der Waals surface area contributed by atoms with Crippen LogP contribution in [0.1, 0.15) is 39.0 Å². The van der Waals surface area contributed by atoms with E-state index in [9.17, 15) is 4.79 Å². The van der Waals surface area contributed by atoms with E-state index in [0.29, 0.717) is 19.1 Å². The van der Waals surface area contributed by atoms with Crippen LogP contribution in [0.2, 0.25) is 0 Å². The molecule has 0 aliphatic heterocycles. The Bertz CT molecular complexity index is 236. The zero-order valence-electron chi connectivity index (χ0n) is 11.4. The first kappa shape index (κ1) is 15.4. The fourth-order valence-corrected chi connectivity index (χ4v) is 2.40. The number of aliphatic hydroxyl groups is 1. The summed E-state index contributed by atoms with van der Waals surface area (Å²) in [6.07, 6.45) is 5.20. The molecule has 0 bridgehead atoms. The first-order valence-electron chi connectivity index (χ1n) is 6.83. The molecule has 3 N–H and O–H groups in total. The molecule has 2 atom stereocenters. The van der Waals surface area contributed by atoms with Crippen LogP contribution in [-0.2, 0) is 9.53 Å². The molecule has 0 saturated heterocycles. The van der Waals surface area contributed by atoms with E-state index in [1.54, 1.807) is 7.11 Å².